The number of carbonyl (C=O) groups excluding carboxylic acids is 3. The van der Waals surface area contributed by atoms with Crippen LogP contribution in [-0.2, 0) is 27.4 Å². The van der Waals surface area contributed by atoms with E-state index in [4.69, 9.17) is 22.1 Å². The number of benzene rings is 2. The summed E-state index contributed by atoms with van der Waals surface area (Å²) < 4.78 is 5.18. The van der Waals surface area contributed by atoms with Crippen LogP contribution in [0.2, 0.25) is 5.02 Å². The zero-order valence-electron chi connectivity index (χ0n) is 16.9. The smallest absolute Gasteiger partial charge is 0.408 e. The molecule has 0 radical (unpaired) electrons. The van der Waals surface area contributed by atoms with Gasteiger partial charge >= 0.3 is 6.09 Å². The molecule has 0 aliphatic heterocycles. The molecular weight excluding hydrogens is 406 g/mol. The third-order valence-electron chi connectivity index (χ3n) is 4.48. The Morgan fingerprint density at radius 1 is 1.00 bits per heavy atom. The van der Waals surface area contributed by atoms with Crippen LogP contribution in [0.1, 0.15) is 25.0 Å². The minimum atomic E-state index is -0.971. The fourth-order valence-electron chi connectivity index (χ4n) is 2.79. The lowest BCUT2D eigenvalue weighted by Gasteiger charge is -2.24. The summed E-state index contributed by atoms with van der Waals surface area (Å²) in [6, 6.07) is 14.3. The third-order valence-corrected chi connectivity index (χ3v) is 4.85. The van der Waals surface area contributed by atoms with Gasteiger partial charge in [0.25, 0.3) is 0 Å². The van der Waals surface area contributed by atoms with Crippen LogP contribution in [0.15, 0.2) is 54.6 Å². The van der Waals surface area contributed by atoms with E-state index in [1.54, 1.807) is 38.1 Å². The highest BCUT2D eigenvalue weighted by atomic mass is 35.5. The van der Waals surface area contributed by atoms with E-state index in [-0.39, 0.29) is 18.9 Å². The quantitative estimate of drug-likeness (QED) is 0.566. The second-order valence-electron chi connectivity index (χ2n) is 7.19. The van der Waals surface area contributed by atoms with Crippen molar-refractivity contribution >= 4 is 29.5 Å². The number of nitrogens with one attached hydrogen (secondary N) is 2. The first-order valence-electron chi connectivity index (χ1n) is 9.58. The highest BCUT2D eigenvalue weighted by Gasteiger charge is 2.28. The van der Waals surface area contributed by atoms with Crippen LogP contribution in [0.3, 0.4) is 0 Å². The van der Waals surface area contributed by atoms with Gasteiger partial charge in [-0.2, -0.15) is 0 Å². The molecule has 2 atom stereocenters. The molecule has 8 heteroatoms. The fraction of sp³-hybridized carbons (Fsp3) is 0.318. The lowest BCUT2D eigenvalue weighted by molar-refractivity contribution is -0.129. The SMILES string of the molecule is CC(C)[C@H](NC(=O)OCc1ccccc1)C(=O)N[C@H](Cc1ccccc1Cl)C(N)=O. The molecule has 0 aromatic heterocycles. The number of primary amides is 1. The Bertz CT molecular complexity index is 874. The molecule has 30 heavy (non-hydrogen) atoms. The summed E-state index contributed by atoms with van der Waals surface area (Å²) in [5, 5.41) is 5.64. The number of rotatable bonds is 9. The number of amides is 3. The van der Waals surface area contributed by atoms with Crippen LogP contribution in [0.25, 0.3) is 0 Å². The van der Waals surface area contributed by atoms with Crippen LogP contribution in [0.4, 0.5) is 4.79 Å². The molecule has 2 aromatic rings. The second kappa shape index (κ2) is 11.2. The molecule has 160 valence electrons. The highest BCUT2D eigenvalue weighted by Crippen LogP contribution is 2.17. The van der Waals surface area contributed by atoms with Crippen LogP contribution in [-0.4, -0.2) is 30.0 Å². The zero-order chi connectivity index (χ0) is 22.1. The van der Waals surface area contributed by atoms with Crippen LogP contribution in [0, 0.1) is 5.92 Å². The predicted octanol–water partition coefficient (Wildman–Crippen LogP) is 2.80. The predicted molar refractivity (Wildman–Crippen MR) is 115 cm³/mol. The molecular formula is C22H26ClN3O4. The molecule has 0 saturated carbocycles. The summed E-state index contributed by atoms with van der Waals surface area (Å²) in [7, 11) is 0. The van der Waals surface area contributed by atoms with E-state index in [1.165, 1.54) is 0 Å². The molecule has 0 aliphatic rings. The maximum Gasteiger partial charge on any atom is 0.408 e. The Hall–Kier alpha value is -3.06. The van der Waals surface area contributed by atoms with Crippen molar-refractivity contribution in [2.24, 2.45) is 11.7 Å². The Kier molecular flexibility index (Phi) is 8.68. The molecule has 4 N–H and O–H groups in total. The minimum Gasteiger partial charge on any atom is -0.445 e. The largest absolute Gasteiger partial charge is 0.445 e. The van der Waals surface area contributed by atoms with E-state index in [0.717, 1.165) is 5.56 Å². The number of carbonyl (C=O) groups is 3. The molecule has 0 unspecified atom stereocenters. The van der Waals surface area contributed by atoms with Crippen LogP contribution in [0.5, 0.6) is 0 Å². The van der Waals surface area contributed by atoms with Gasteiger partial charge in [0.2, 0.25) is 11.8 Å². The van der Waals surface area contributed by atoms with Crippen molar-refractivity contribution in [3.63, 3.8) is 0 Å². The van der Waals surface area contributed by atoms with Crippen molar-refractivity contribution in [1.82, 2.24) is 10.6 Å². The molecule has 3 amide bonds. The first-order chi connectivity index (χ1) is 14.3. The van der Waals surface area contributed by atoms with Crippen LogP contribution >= 0.6 is 11.6 Å². The maximum atomic E-state index is 12.8. The number of nitrogens with two attached hydrogens (primary N) is 1. The molecule has 0 aliphatic carbocycles. The molecule has 0 spiro atoms. The lowest BCUT2D eigenvalue weighted by atomic mass is 10.0. The molecule has 0 saturated heterocycles. The summed E-state index contributed by atoms with van der Waals surface area (Å²) in [6.45, 7) is 3.62. The van der Waals surface area contributed by atoms with E-state index in [9.17, 15) is 14.4 Å². The minimum absolute atomic E-state index is 0.0789. The van der Waals surface area contributed by atoms with Crippen molar-refractivity contribution in [3.8, 4) is 0 Å². The summed E-state index contributed by atoms with van der Waals surface area (Å²) in [5.41, 5.74) is 6.97. The number of alkyl carbamates (subject to hydrolysis) is 1. The lowest BCUT2D eigenvalue weighted by Crippen LogP contribution is -2.55. The molecule has 0 fully saturated rings. The number of hydrogen-bond acceptors (Lipinski definition) is 4. The van der Waals surface area contributed by atoms with Gasteiger partial charge < -0.3 is 21.1 Å². The van der Waals surface area contributed by atoms with Gasteiger partial charge in [-0.1, -0.05) is 74.0 Å². The van der Waals surface area contributed by atoms with Crippen molar-refractivity contribution < 1.29 is 19.1 Å². The van der Waals surface area contributed by atoms with Gasteiger partial charge in [-0.15, -0.1) is 0 Å². The summed E-state index contributed by atoms with van der Waals surface area (Å²) >= 11 is 6.14. The molecule has 2 aromatic carbocycles. The van der Waals surface area contributed by atoms with Gasteiger partial charge in [0.1, 0.15) is 18.7 Å². The monoisotopic (exact) mass is 431 g/mol. The van der Waals surface area contributed by atoms with Crippen molar-refractivity contribution in [2.75, 3.05) is 0 Å². The Morgan fingerprint density at radius 3 is 2.23 bits per heavy atom. The third kappa shape index (κ3) is 7.08. The fourth-order valence-corrected chi connectivity index (χ4v) is 3.01. The molecule has 2 rings (SSSR count). The molecule has 0 heterocycles. The molecule has 7 nitrogen and oxygen atoms in total. The Labute approximate surface area is 180 Å². The van der Waals surface area contributed by atoms with E-state index in [0.29, 0.717) is 10.6 Å². The van der Waals surface area contributed by atoms with Gasteiger partial charge in [0.15, 0.2) is 0 Å². The Morgan fingerprint density at radius 2 is 1.63 bits per heavy atom. The average molecular weight is 432 g/mol. The number of ether oxygens (including phenoxy) is 1. The number of hydrogen-bond donors (Lipinski definition) is 3. The highest BCUT2D eigenvalue weighted by molar-refractivity contribution is 6.31. The second-order valence-corrected chi connectivity index (χ2v) is 7.59. The van der Waals surface area contributed by atoms with E-state index >= 15 is 0 Å². The zero-order valence-corrected chi connectivity index (χ0v) is 17.7. The number of halogens is 1. The molecule has 0 bridgehead atoms. The van der Waals surface area contributed by atoms with Gasteiger partial charge in [-0.25, -0.2) is 4.79 Å². The maximum absolute atomic E-state index is 12.8. The summed E-state index contributed by atoms with van der Waals surface area (Å²) in [6.07, 6.45) is -0.585. The topological polar surface area (TPSA) is 111 Å². The van der Waals surface area contributed by atoms with Crippen LogP contribution < -0.4 is 16.4 Å². The van der Waals surface area contributed by atoms with Gasteiger partial charge in [0.05, 0.1) is 0 Å². The van der Waals surface area contributed by atoms with Crippen molar-refractivity contribution in [1.29, 1.82) is 0 Å². The van der Waals surface area contributed by atoms with Gasteiger partial charge in [-0.3, -0.25) is 9.59 Å². The first kappa shape index (κ1) is 23.2. The normalized spacial score (nSPS) is 12.7. The van der Waals surface area contributed by atoms with Crippen molar-refractivity contribution in [3.05, 3.63) is 70.7 Å². The first-order valence-corrected chi connectivity index (χ1v) is 9.96. The summed E-state index contributed by atoms with van der Waals surface area (Å²) in [5.74, 6) is -1.47. The summed E-state index contributed by atoms with van der Waals surface area (Å²) in [4.78, 5) is 36.8. The van der Waals surface area contributed by atoms with Gasteiger partial charge in [-0.05, 0) is 23.1 Å². The van der Waals surface area contributed by atoms with Crippen molar-refractivity contribution in [2.45, 2.75) is 39.0 Å². The Balaban J connectivity index is 1.99. The van der Waals surface area contributed by atoms with E-state index < -0.39 is 30.0 Å². The standard InChI is InChI=1S/C22H26ClN3O4/c1-14(2)19(26-22(29)30-13-15-8-4-3-5-9-15)21(28)25-18(20(24)27)12-16-10-6-7-11-17(16)23/h3-11,14,18-19H,12-13H2,1-2H3,(H2,24,27)(H,25,28)(H,26,29)/t18-,19+/m1/s1. The average Bonchev–Trinajstić information content (AvgIpc) is 2.71. The van der Waals surface area contributed by atoms with E-state index in [2.05, 4.69) is 10.6 Å². The van der Waals surface area contributed by atoms with E-state index in [1.807, 2.05) is 30.3 Å². The van der Waals surface area contributed by atoms with Gasteiger partial charge in [0, 0.05) is 11.4 Å².